The van der Waals surface area contributed by atoms with E-state index in [-0.39, 0.29) is 0 Å². The van der Waals surface area contributed by atoms with Crippen LogP contribution >= 0.6 is 0 Å². The summed E-state index contributed by atoms with van der Waals surface area (Å²) < 4.78 is 50.8. The third-order valence-corrected chi connectivity index (χ3v) is 11.1. The first-order valence-corrected chi connectivity index (χ1v) is 19.6. The van der Waals surface area contributed by atoms with Gasteiger partial charge in [-0.3, -0.25) is 9.59 Å². The van der Waals surface area contributed by atoms with Crippen molar-refractivity contribution < 1.29 is 129 Å². The topological polar surface area (TPSA) is 445 Å². The lowest BCUT2D eigenvalue weighted by atomic mass is 9.94. The summed E-state index contributed by atoms with van der Waals surface area (Å²) >= 11 is 0. The quantitative estimate of drug-likeness (QED) is 0.0725. The summed E-state index contributed by atoms with van der Waals surface area (Å²) in [7, 11) is 0. The molecule has 0 aromatic heterocycles. The van der Waals surface area contributed by atoms with Gasteiger partial charge in [0.2, 0.25) is 11.8 Å². The number of hydrogen-bond acceptors (Lipinski definition) is 26. The summed E-state index contributed by atoms with van der Waals surface area (Å²) in [5.74, 6) is -1.49. The molecule has 2 amide bonds. The molecule has 5 aliphatic rings. The molecule has 28 nitrogen and oxygen atoms in total. The molecule has 5 saturated heterocycles. The van der Waals surface area contributed by atoms with E-state index in [9.17, 15) is 86.2 Å². The van der Waals surface area contributed by atoms with E-state index >= 15 is 0 Å². The molecule has 5 heterocycles. The molecule has 0 saturated carbocycles. The van der Waals surface area contributed by atoms with Gasteiger partial charge in [-0.1, -0.05) is 0 Å². The molecule has 0 radical (unpaired) electrons. The van der Waals surface area contributed by atoms with Crippen molar-refractivity contribution in [2.24, 2.45) is 0 Å². The largest absolute Gasteiger partial charge is 0.394 e. The average Bonchev–Trinajstić information content (AvgIpc) is 3.23. The van der Waals surface area contributed by atoms with E-state index in [1.165, 1.54) is 0 Å². The second kappa shape index (κ2) is 22.0. The van der Waals surface area contributed by atoms with E-state index in [1.54, 1.807) is 0 Å². The molecule has 0 unspecified atom stereocenters. The highest BCUT2D eigenvalue weighted by atomic mass is 16.8. The standard InChI is InChI=1S/C34H58N2O26/c1-8(41)35-15-20(46)27(12(5-39)55-30(15)53)60-31-16(36-9(2)42)21(47)28(13(6-40)58-31)61-34-26(52)29(62-33-25(51)23(49)18(44)11(4-38)57-33)19(45)14(59-34)7-54-32-24(50)22(48)17(43)10(3-37)56-32/h10-34,37-40,43-53H,3-7H2,1-2H3,(H,35,41)(H,36,42)/t10-,11-,12-,13-,14-,15-,16-,17-,18-,19-,20-,21-,22+,23+,24+,25+,26+,27-,28-,29+,30+,31+,32-,33-,34-/m1/s1. The van der Waals surface area contributed by atoms with Crippen molar-refractivity contribution in [3.8, 4) is 0 Å². The van der Waals surface area contributed by atoms with Crippen molar-refractivity contribution in [1.82, 2.24) is 10.6 Å². The first kappa shape index (κ1) is 51.0. The van der Waals surface area contributed by atoms with Gasteiger partial charge in [-0.2, -0.15) is 0 Å². The molecule has 5 fully saturated rings. The molecule has 17 N–H and O–H groups in total. The smallest absolute Gasteiger partial charge is 0.217 e. The van der Waals surface area contributed by atoms with E-state index < -0.39 is 198 Å². The first-order valence-electron chi connectivity index (χ1n) is 19.6. The second-order valence-corrected chi connectivity index (χ2v) is 15.5. The number of carbonyl (C=O) groups is 2. The molecule has 25 atom stereocenters. The molecule has 5 aliphatic heterocycles. The van der Waals surface area contributed by atoms with E-state index in [0.717, 1.165) is 13.8 Å². The lowest BCUT2D eigenvalue weighted by Gasteiger charge is -2.50. The lowest BCUT2D eigenvalue weighted by molar-refractivity contribution is -0.384. The number of hydrogen-bond donors (Lipinski definition) is 17. The Morgan fingerprint density at radius 2 is 0.823 bits per heavy atom. The van der Waals surface area contributed by atoms with Crippen LogP contribution in [-0.2, 0) is 52.2 Å². The predicted octanol–water partition coefficient (Wildman–Crippen LogP) is -11.6. The van der Waals surface area contributed by atoms with Gasteiger partial charge in [-0.15, -0.1) is 0 Å². The zero-order valence-electron chi connectivity index (χ0n) is 33.2. The van der Waals surface area contributed by atoms with Gasteiger partial charge in [0.05, 0.1) is 33.0 Å². The average molecular weight is 911 g/mol. The molecule has 5 rings (SSSR count). The second-order valence-electron chi connectivity index (χ2n) is 15.5. The molecule has 0 aromatic rings. The fourth-order valence-corrected chi connectivity index (χ4v) is 7.73. The van der Waals surface area contributed by atoms with Gasteiger partial charge in [-0.25, -0.2) is 0 Å². The molecule has 0 bridgehead atoms. The fourth-order valence-electron chi connectivity index (χ4n) is 7.73. The number of carbonyl (C=O) groups excluding carboxylic acids is 2. The van der Waals surface area contributed by atoms with Gasteiger partial charge in [-0.05, 0) is 0 Å². The molecule has 0 spiro atoms. The number of amides is 2. The third kappa shape index (κ3) is 11.0. The molecular formula is C34H58N2O26. The Bertz CT molecular complexity index is 1440. The summed E-state index contributed by atoms with van der Waals surface area (Å²) in [6.45, 7) is -2.31. The molecule has 28 heteroatoms. The first-order chi connectivity index (χ1) is 29.3. The Balaban J connectivity index is 1.41. The third-order valence-electron chi connectivity index (χ3n) is 11.1. The maximum absolute atomic E-state index is 12.4. The van der Waals surface area contributed by atoms with Crippen molar-refractivity contribution in [1.29, 1.82) is 0 Å². The highest BCUT2D eigenvalue weighted by Gasteiger charge is 2.56. The van der Waals surface area contributed by atoms with Gasteiger partial charge in [0.1, 0.15) is 122 Å². The van der Waals surface area contributed by atoms with E-state index in [2.05, 4.69) is 10.6 Å². The van der Waals surface area contributed by atoms with Crippen LogP contribution in [0.1, 0.15) is 13.8 Å². The van der Waals surface area contributed by atoms with Gasteiger partial charge >= 0.3 is 0 Å². The molecule has 62 heavy (non-hydrogen) atoms. The minimum atomic E-state index is -2.18. The number of aliphatic hydroxyl groups excluding tert-OH is 15. The van der Waals surface area contributed by atoms with Gasteiger partial charge in [0.15, 0.2) is 31.5 Å². The van der Waals surface area contributed by atoms with Gasteiger partial charge < -0.3 is 130 Å². The van der Waals surface area contributed by atoms with Gasteiger partial charge in [0, 0.05) is 13.8 Å². The van der Waals surface area contributed by atoms with Crippen LogP contribution < -0.4 is 10.6 Å². The summed E-state index contributed by atoms with van der Waals surface area (Å²) in [6, 6.07) is -3.19. The van der Waals surface area contributed by atoms with Crippen LogP contribution in [0, 0.1) is 0 Å². The fraction of sp³-hybridized carbons (Fsp3) is 0.941. The van der Waals surface area contributed by atoms with Gasteiger partial charge in [0.25, 0.3) is 0 Å². The lowest BCUT2D eigenvalue weighted by Crippen LogP contribution is -2.70. The SMILES string of the molecule is CC(=O)N[C@@H]1[C@@H](O)[C@H](O[C@@H]2O[C@H](CO)[C@@H](O[C@H]3O[C@H](CO[C@@H]4O[C@H](CO)[C@@H](O)[C@H](O)[C@@H]4O)[C@@H](O)[C@H](O[C@H]4O[C@H](CO)[C@@H](O)[C@H](O)[C@@H]4O)[C@@H]3O)[C@H](O)[C@H]2NC(C)=O)[C@@H](CO)O[C@@H]1O. The molecule has 0 aliphatic carbocycles. The zero-order valence-corrected chi connectivity index (χ0v) is 33.2. The monoisotopic (exact) mass is 910 g/mol. The van der Waals surface area contributed by atoms with Crippen molar-refractivity contribution in [3.63, 3.8) is 0 Å². The highest BCUT2D eigenvalue weighted by Crippen LogP contribution is 2.35. The molecule has 360 valence electrons. The van der Waals surface area contributed by atoms with Crippen LogP contribution in [-0.4, -0.2) is 275 Å². The summed E-state index contributed by atoms with van der Waals surface area (Å²) in [4.78, 5) is 24.2. The Kier molecular flexibility index (Phi) is 18.1. The maximum Gasteiger partial charge on any atom is 0.217 e. The highest BCUT2D eigenvalue weighted by molar-refractivity contribution is 5.73. The van der Waals surface area contributed by atoms with Crippen molar-refractivity contribution in [3.05, 3.63) is 0 Å². The van der Waals surface area contributed by atoms with Crippen LogP contribution in [0.3, 0.4) is 0 Å². The van der Waals surface area contributed by atoms with Crippen LogP contribution in [0.2, 0.25) is 0 Å². The van der Waals surface area contributed by atoms with Crippen molar-refractivity contribution in [2.75, 3.05) is 33.0 Å². The Hall–Kier alpha value is -2.02. The van der Waals surface area contributed by atoms with Crippen molar-refractivity contribution >= 4 is 11.8 Å². The maximum atomic E-state index is 12.4. The minimum Gasteiger partial charge on any atom is -0.394 e. The summed E-state index contributed by atoms with van der Waals surface area (Å²) in [6.07, 6.45) is -42.3. The van der Waals surface area contributed by atoms with Crippen LogP contribution in [0.25, 0.3) is 0 Å². The predicted molar refractivity (Wildman–Crippen MR) is 190 cm³/mol. The number of aliphatic hydroxyl groups is 15. The van der Waals surface area contributed by atoms with Crippen molar-refractivity contribution in [2.45, 2.75) is 167 Å². The van der Waals surface area contributed by atoms with Crippen LogP contribution in [0.5, 0.6) is 0 Å². The molecule has 0 aromatic carbocycles. The number of ether oxygens (including phenoxy) is 9. The van der Waals surface area contributed by atoms with E-state index in [4.69, 9.17) is 42.6 Å². The normalized spacial score (nSPS) is 49.0. The van der Waals surface area contributed by atoms with Crippen LogP contribution in [0.15, 0.2) is 0 Å². The summed E-state index contributed by atoms with van der Waals surface area (Å²) in [5.41, 5.74) is 0. The Morgan fingerprint density at radius 1 is 0.419 bits per heavy atom. The summed E-state index contributed by atoms with van der Waals surface area (Å²) in [5, 5.41) is 163. The van der Waals surface area contributed by atoms with E-state index in [0.29, 0.717) is 0 Å². The van der Waals surface area contributed by atoms with E-state index in [1.807, 2.05) is 0 Å². The number of rotatable bonds is 15. The number of nitrogens with one attached hydrogen (secondary N) is 2. The molecular weight excluding hydrogens is 852 g/mol. The van der Waals surface area contributed by atoms with Crippen LogP contribution in [0.4, 0.5) is 0 Å². The minimum absolute atomic E-state index is 0.693. The Labute approximate surface area is 351 Å². The Morgan fingerprint density at radius 3 is 1.35 bits per heavy atom. The zero-order chi connectivity index (χ0) is 45.9.